The number of rotatable bonds is 7. The lowest BCUT2D eigenvalue weighted by atomic mass is 9.84. The summed E-state index contributed by atoms with van der Waals surface area (Å²) in [4.78, 5) is 24.0. The molecule has 25 heavy (non-hydrogen) atoms. The molecule has 1 N–H and O–H groups in total. The SMILES string of the molecule is CC(Cl)OC(=O)NCC1(OC(=O)CCc2ccccc2)CCCCC1. The molecule has 1 fully saturated rings. The molecule has 2 rings (SSSR count). The van der Waals surface area contributed by atoms with E-state index in [2.05, 4.69) is 5.32 Å². The third kappa shape index (κ3) is 6.94. The van der Waals surface area contributed by atoms with Crippen LogP contribution in [0.4, 0.5) is 4.79 Å². The zero-order valence-corrected chi connectivity index (χ0v) is 15.4. The molecule has 0 aliphatic heterocycles. The van der Waals surface area contributed by atoms with Crippen molar-refractivity contribution in [2.24, 2.45) is 0 Å². The molecule has 1 atom stereocenters. The normalized spacial score (nSPS) is 17.4. The highest BCUT2D eigenvalue weighted by Gasteiger charge is 2.36. The van der Waals surface area contributed by atoms with Gasteiger partial charge in [0.25, 0.3) is 0 Å². The van der Waals surface area contributed by atoms with Crippen LogP contribution in [0.2, 0.25) is 0 Å². The molecule has 5 nitrogen and oxygen atoms in total. The van der Waals surface area contributed by atoms with Gasteiger partial charge in [0.2, 0.25) is 0 Å². The molecule has 1 aliphatic rings. The number of alkyl halides is 1. The fraction of sp³-hybridized carbons (Fsp3) is 0.579. The van der Waals surface area contributed by atoms with Crippen molar-refractivity contribution < 1.29 is 19.1 Å². The largest absolute Gasteiger partial charge is 0.457 e. The van der Waals surface area contributed by atoms with E-state index in [1.807, 2.05) is 30.3 Å². The number of esters is 1. The molecular weight excluding hydrogens is 342 g/mol. The molecule has 6 heteroatoms. The summed E-state index contributed by atoms with van der Waals surface area (Å²) in [6.45, 7) is 1.83. The first-order chi connectivity index (χ1) is 12.0. The van der Waals surface area contributed by atoms with Crippen LogP contribution in [0.1, 0.15) is 51.0 Å². The highest BCUT2D eigenvalue weighted by molar-refractivity contribution is 6.19. The second-order valence-corrected chi connectivity index (χ2v) is 7.12. The Labute approximate surface area is 154 Å². The van der Waals surface area contributed by atoms with E-state index in [-0.39, 0.29) is 12.5 Å². The Balaban J connectivity index is 1.87. The van der Waals surface area contributed by atoms with Gasteiger partial charge >= 0.3 is 12.1 Å². The summed E-state index contributed by atoms with van der Waals surface area (Å²) in [6, 6.07) is 9.85. The zero-order chi connectivity index (χ0) is 18.1. The van der Waals surface area contributed by atoms with Gasteiger partial charge in [-0.25, -0.2) is 4.79 Å². The minimum absolute atomic E-state index is 0.230. The van der Waals surface area contributed by atoms with E-state index in [0.29, 0.717) is 12.8 Å². The Morgan fingerprint density at radius 3 is 2.52 bits per heavy atom. The number of carbonyl (C=O) groups is 2. The minimum atomic E-state index is -0.698. The van der Waals surface area contributed by atoms with Crippen LogP contribution in [0.25, 0.3) is 0 Å². The van der Waals surface area contributed by atoms with E-state index < -0.39 is 17.3 Å². The van der Waals surface area contributed by atoms with Crippen LogP contribution in [0, 0.1) is 0 Å². The van der Waals surface area contributed by atoms with Gasteiger partial charge in [0, 0.05) is 6.42 Å². The standard InChI is InChI=1S/C19H26ClNO4/c1-15(20)24-18(23)21-14-19(12-6-3-7-13-19)25-17(22)11-10-16-8-4-2-5-9-16/h2,4-5,8-9,15H,3,6-7,10-14H2,1H3,(H,21,23). The van der Waals surface area contributed by atoms with Crippen LogP contribution in [-0.4, -0.2) is 29.8 Å². The first-order valence-corrected chi connectivity index (χ1v) is 9.27. The molecular formula is C19H26ClNO4. The smallest absolute Gasteiger partial charge is 0.408 e. The monoisotopic (exact) mass is 367 g/mol. The Morgan fingerprint density at radius 2 is 1.88 bits per heavy atom. The fourth-order valence-corrected chi connectivity index (χ4v) is 3.20. The van der Waals surface area contributed by atoms with Crippen LogP contribution in [0.3, 0.4) is 0 Å². The number of ether oxygens (including phenoxy) is 2. The molecule has 1 amide bonds. The lowest BCUT2D eigenvalue weighted by Crippen LogP contribution is -2.48. The predicted octanol–water partition coefficient (Wildman–Crippen LogP) is 4.18. The maximum absolute atomic E-state index is 12.3. The van der Waals surface area contributed by atoms with Gasteiger partial charge < -0.3 is 14.8 Å². The molecule has 0 aromatic heterocycles. The summed E-state index contributed by atoms with van der Waals surface area (Å²) < 4.78 is 10.7. The number of aryl methyl sites for hydroxylation is 1. The summed E-state index contributed by atoms with van der Waals surface area (Å²) in [7, 11) is 0. The molecule has 138 valence electrons. The van der Waals surface area contributed by atoms with Crippen molar-refractivity contribution in [3.05, 3.63) is 35.9 Å². The first kappa shape index (κ1) is 19.6. The van der Waals surface area contributed by atoms with Crippen molar-refractivity contribution in [1.29, 1.82) is 0 Å². The Morgan fingerprint density at radius 1 is 1.20 bits per heavy atom. The van der Waals surface area contributed by atoms with Crippen molar-refractivity contribution >= 4 is 23.7 Å². The number of carbonyl (C=O) groups excluding carboxylic acids is 2. The molecule has 0 spiro atoms. The molecule has 0 saturated heterocycles. The Hall–Kier alpha value is -1.75. The third-order valence-electron chi connectivity index (χ3n) is 4.38. The van der Waals surface area contributed by atoms with Gasteiger partial charge in [-0.3, -0.25) is 4.79 Å². The first-order valence-electron chi connectivity index (χ1n) is 8.83. The van der Waals surface area contributed by atoms with Crippen LogP contribution < -0.4 is 5.32 Å². The third-order valence-corrected chi connectivity index (χ3v) is 4.47. The number of nitrogens with one attached hydrogen (secondary N) is 1. The van der Waals surface area contributed by atoms with Crippen LogP contribution >= 0.6 is 11.6 Å². The van der Waals surface area contributed by atoms with E-state index >= 15 is 0 Å². The van der Waals surface area contributed by atoms with Gasteiger partial charge in [0.05, 0.1) is 6.54 Å². The molecule has 1 aromatic rings. The number of amides is 1. The van der Waals surface area contributed by atoms with Gasteiger partial charge in [-0.2, -0.15) is 0 Å². The van der Waals surface area contributed by atoms with Crippen molar-refractivity contribution in [1.82, 2.24) is 5.32 Å². The van der Waals surface area contributed by atoms with E-state index in [0.717, 1.165) is 37.7 Å². The summed E-state index contributed by atoms with van der Waals surface area (Å²) in [6.07, 6.45) is 4.97. The fourth-order valence-electron chi connectivity index (χ4n) is 3.12. The number of halogens is 1. The summed E-state index contributed by atoms with van der Waals surface area (Å²) in [5, 5.41) is 2.68. The van der Waals surface area contributed by atoms with Crippen molar-refractivity contribution in [2.75, 3.05) is 6.54 Å². The van der Waals surface area contributed by atoms with Gasteiger partial charge in [0.15, 0.2) is 5.56 Å². The summed E-state index contributed by atoms with van der Waals surface area (Å²) >= 11 is 5.64. The second-order valence-electron chi connectivity index (χ2n) is 6.51. The Kier molecular flexibility index (Phi) is 7.56. The molecule has 1 aromatic carbocycles. The topological polar surface area (TPSA) is 64.6 Å². The number of benzene rings is 1. The number of hydrogen-bond donors (Lipinski definition) is 1. The van der Waals surface area contributed by atoms with Gasteiger partial charge in [-0.1, -0.05) is 48.4 Å². The number of alkyl carbamates (subject to hydrolysis) is 1. The summed E-state index contributed by atoms with van der Waals surface area (Å²) in [5.74, 6) is -0.230. The van der Waals surface area contributed by atoms with Gasteiger partial charge in [0.1, 0.15) is 5.60 Å². The summed E-state index contributed by atoms with van der Waals surface area (Å²) in [5.41, 5.74) is -0.230. The highest BCUT2D eigenvalue weighted by atomic mass is 35.5. The van der Waals surface area contributed by atoms with E-state index in [9.17, 15) is 9.59 Å². The molecule has 0 radical (unpaired) electrons. The van der Waals surface area contributed by atoms with Crippen molar-refractivity contribution in [2.45, 2.75) is 63.0 Å². The van der Waals surface area contributed by atoms with Gasteiger partial charge in [-0.05, 0) is 44.6 Å². The van der Waals surface area contributed by atoms with Crippen molar-refractivity contribution in [3.8, 4) is 0 Å². The average molecular weight is 368 g/mol. The van der Waals surface area contributed by atoms with E-state index in [1.54, 1.807) is 6.92 Å². The lowest BCUT2D eigenvalue weighted by molar-refractivity contribution is -0.162. The lowest BCUT2D eigenvalue weighted by Gasteiger charge is -2.36. The Bertz CT molecular complexity index is 556. The quantitative estimate of drug-likeness (QED) is 0.580. The highest BCUT2D eigenvalue weighted by Crippen LogP contribution is 2.31. The predicted molar refractivity (Wildman–Crippen MR) is 96.5 cm³/mol. The average Bonchev–Trinajstić information content (AvgIpc) is 2.59. The van der Waals surface area contributed by atoms with E-state index in [1.165, 1.54) is 0 Å². The van der Waals surface area contributed by atoms with Crippen molar-refractivity contribution in [3.63, 3.8) is 0 Å². The zero-order valence-electron chi connectivity index (χ0n) is 14.6. The van der Waals surface area contributed by atoms with E-state index in [4.69, 9.17) is 21.1 Å². The molecule has 0 bridgehead atoms. The number of hydrogen-bond acceptors (Lipinski definition) is 4. The molecule has 0 heterocycles. The minimum Gasteiger partial charge on any atom is -0.457 e. The molecule has 1 saturated carbocycles. The maximum Gasteiger partial charge on any atom is 0.408 e. The molecule has 1 unspecified atom stereocenters. The van der Waals surface area contributed by atoms with Crippen LogP contribution in [0.5, 0.6) is 0 Å². The second kappa shape index (κ2) is 9.66. The van der Waals surface area contributed by atoms with Crippen LogP contribution in [-0.2, 0) is 20.7 Å². The maximum atomic E-state index is 12.3. The van der Waals surface area contributed by atoms with Crippen LogP contribution in [0.15, 0.2) is 30.3 Å². The van der Waals surface area contributed by atoms with Gasteiger partial charge in [-0.15, -0.1) is 0 Å². The molecule has 1 aliphatic carbocycles.